The van der Waals surface area contributed by atoms with Crippen molar-refractivity contribution in [2.24, 2.45) is 0 Å². The van der Waals surface area contributed by atoms with E-state index < -0.39 is 11.8 Å². The molecule has 6 nitrogen and oxygen atoms in total. The summed E-state index contributed by atoms with van der Waals surface area (Å²) in [5.41, 5.74) is 8.81. The number of rotatable bonds is 6. The van der Waals surface area contributed by atoms with Crippen molar-refractivity contribution in [3.05, 3.63) is 58.7 Å². The van der Waals surface area contributed by atoms with Crippen LogP contribution >= 0.6 is 0 Å². The molecule has 0 atom stereocenters. The third-order valence-corrected chi connectivity index (χ3v) is 3.47. The highest BCUT2D eigenvalue weighted by atomic mass is 16.5. The van der Waals surface area contributed by atoms with Gasteiger partial charge < -0.3 is 9.47 Å². The van der Waals surface area contributed by atoms with Crippen molar-refractivity contribution in [3.63, 3.8) is 0 Å². The molecule has 26 heavy (non-hydrogen) atoms. The van der Waals surface area contributed by atoms with Gasteiger partial charge in [0, 0.05) is 0 Å². The van der Waals surface area contributed by atoms with E-state index in [1.54, 1.807) is 0 Å². The Morgan fingerprint density at radius 2 is 0.962 bits per heavy atom. The lowest BCUT2D eigenvalue weighted by Gasteiger charge is -2.11. The Morgan fingerprint density at radius 1 is 0.654 bits per heavy atom. The first-order valence-corrected chi connectivity index (χ1v) is 8.32. The number of hydrazine groups is 1. The van der Waals surface area contributed by atoms with Crippen molar-refractivity contribution < 1.29 is 19.1 Å². The van der Waals surface area contributed by atoms with Crippen LogP contribution in [0.4, 0.5) is 0 Å². The molecule has 0 bridgehead atoms. The molecule has 0 fully saturated rings. The monoisotopic (exact) mass is 356 g/mol. The summed E-state index contributed by atoms with van der Waals surface area (Å²) in [6.45, 7) is 7.43. The number of aryl methyl sites for hydroxylation is 4. The Morgan fingerprint density at radius 3 is 1.27 bits per heavy atom. The highest BCUT2D eigenvalue weighted by Crippen LogP contribution is 2.16. The smallest absolute Gasteiger partial charge is 0.276 e. The van der Waals surface area contributed by atoms with E-state index in [0.717, 1.165) is 22.3 Å². The number of nitrogens with one attached hydrogen (secondary N) is 2. The van der Waals surface area contributed by atoms with E-state index >= 15 is 0 Å². The fourth-order valence-electron chi connectivity index (χ4n) is 2.54. The molecule has 0 aliphatic rings. The third kappa shape index (κ3) is 6.47. The Bertz CT molecular complexity index is 694. The van der Waals surface area contributed by atoms with Gasteiger partial charge >= 0.3 is 0 Å². The molecular formula is C20H24N2O4. The molecule has 2 N–H and O–H groups in total. The fourth-order valence-corrected chi connectivity index (χ4v) is 2.54. The van der Waals surface area contributed by atoms with E-state index in [2.05, 4.69) is 10.9 Å². The topological polar surface area (TPSA) is 76.7 Å². The number of benzene rings is 2. The van der Waals surface area contributed by atoms with Crippen LogP contribution in [0.1, 0.15) is 22.3 Å². The standard InChI is InChI=1S/C20H24N2O4/c1-13-5-14(2)8-17(7-13)25-11-19(23)21-22-20(24)12-26-18-9-15(3)6-16(4)10-18/h5-10H,11-12H2,1-4H3,(H,21,23)(H,22,24). The van der Waals surface area contributed by atoms with Crippen LogP contribution in [0.3, 0.4) is 0 Å². The SMILES string of the molecule is Cc1cc(C)cc(OCC(=O)NNC(=O)COc2cc(C)cc(C)c2)c1. The van der Waals surface area contributed by atoms with Gasteiger partial charge in [0.1, 0.15) is 11.5 Å². The molecule has 0 unspecified atom stereocenters. The van der Waals surface area contributed by atoms with Crippen molar-refractivity contribution in [1.82, 2.24) is 10.9 Å². The van der Waals surface area contributed by atoms with Gasteiger partial charge in [-0.25, -0.2) is 0 Å². The van der Waals surface area contributed by atoms with Crippen LogP contribution in [0.15, 0.2) is 36.4 Å². The van der Waals surface area contributed by atoms with Gasteiger partial charge in [-0.2, -0.15) is 0 Å². The van der Waals surface area contributed by atoms with Gasteiger partial charge in [-0.05, 0) is 74.2 Å². The molecule has 0 saturated heterocycles. The molecule has 2 aromatic rings. The molecule has 0 spiro atoms. The summed E-state index contributed by atoms with van der Waals surface area (Å²) < 4.78 is 10.8. The molecule has 6 heteroatoms. The highest BCUT2D eigenvalue weighted by molar-refractivity contribution is 5.83. The van der Waals surface area contributed by atoms with Crippen LogP contribution in [0.2, 0.25) is 0 Å². The summed E-state index contributed by atoms with van der Waals surface area (Å²) in [5.74, 6) is 0.317. The molecule has 0 aliphatic heterocycles. The zero-order valence-electron chi connectivity index (χ0n) is 15.5. The summed E-state index contributed by atoms with van der Waals surface area (Å²) in [6, 6.07) is 11.4. The zero-order chi connectivity index (χ0) is 19.1. The van der Waals surface area contributed by atoms with E-state index in [9.17, 15) is 9.59 Å². The minimum absolute atomic E-state index is 0.193. The Hall–Kier alpha value is -3.02. The van der Waals surface area contributed by atoms with Gasteiger partial charge in [-0.15, -0.1) is 0 Å². The maximum Gasteiger partial charge on any atom is 0.276 e. The minimum atomic E-state index is -0.455. The first-order chi connectivity index (χ1) is 12.3. The van der Waals surface area contributed by atoms with E-state index in [1.807, 2.05) is 64.1 Å². The first kappa shape index (κ1) is 19.3. The van der Waals surface area contributed by atoms with Crippen molar-refractivity contribution in [3.8, 4) is 11.5 Å². The van der Waals surface area contributed by atoms with E-state index in [4.69, 9.17) is 9.47 Å². The number of hydrogen-bond donors (Lipinski definition) is 2. The van der Waals surface area contributed by atoms with Gasteiger partial charge in [0.15, 0.2) is 13.2 Å². The second-order valence-electron chi connectivity index (χ2n) is 6.32. The fraction of sp³-hybridized carbons (Fsp3) is 0.300. The molecule has 0 heterocycles. The van der Waals surface area contributed by atoms with Gasteiger partial charge in [0.25, 0.3) is 11.8 Å². The van der Waals surface area contributed by atoms with Crippen LogP contribution in [0.25, 0.3) is 0 Å². The third-order valence-electron chi connectivity index (χ3n) is 3.47. The second kappa shape index (κ2) is 8.89. The largest absolute Gasteiger partial charge is 0.484 e. The summed E-state index contributed by atoms with van der Waals surface area (Å²) in [4.78, 5) is 23.5. The van der Waals surface area contributed by atoms with E-state index in [-0.39, 0.29) is 13.2 Å². The van der Waals surface area contributed by atoms with Gasteiger partial charge in [0.2, 0.25) is 0 Å². The van der Waals surface area contributed by atoms with Crippen molar-refractivity contribution >= 4 is 11.8 Å². The highest BCUT2D eigenvalue weighted by Gasteiger charge is 2.07. The molecule has 0 radical (unpaired) electrons. The quantitative estimate of drug-likeness (QED) is 0.780. The van der Waals surface area contributed by atoms with Crippen LogP contribution in [0, 0.1) is 27.7 Å². The molecule has 2 rings (SSSR count). The Labute approximate surface area is 153 Å². The minimum Gasteiger partial charge on any atom is -0.484 e. The average Bonchev–Trinajstić information content (AvgIpc) is 2.54. The first-order valence-electron chi connectivity index (χ1n) is 8.32. The van der Waals surface area contributed by atoms with Crippen molar-refractivity contribution in [2.75, 3.05) is 13.2 Å². The van der Waals surface area contributed by atoms with Crippen LogP contribution in [0.5, 0.6) is 11.5 Å². The molecule has 0 aliphatic carbocycles. The number of ether oxygens (including phenoxy) is 2. The number of carbonyl (C=O) groups is 2. The number of hydrogen-bond acceptors (Lipinski definition) is 4. The number of amides is 2. The maximum absolute atomic E-state index is 11.8. The predicted octanol–water partition coefficient (Wildman–Crippen LogP) is 2.53. The molecule has 138 valence electrons. The molecule has 2 amide bonds. The zero-order valence-corrected chi connectivity index (χ0v) is 15.5. The van der Waals surface area contributed by atoms with Crippen LogP contribution in [-0.2, 0) is 9.59 Å². The van der Waals surface area contributed by atoms with E-state index in [0.29, 0.717) is 11.5 Å². The molecule has 2 aromatic carbocycles. The van der Waals surface area contributed by atoms with Gasteiger partial charge in [-0.3, -0.25) is 20.4 Å². The number of carbonyl (C=O) groups excluding carboxylic acids is 2. The Kier molecular flexibility index (Phi) is 6.60. The maximum atomic E-state index is 11.8. The lowest BCUT2D eigenvalue weighted by Crippen LogP contribution is -2.45. The summed E-state index contributed by atoms with van der Waals surface area (Å²) >= 11 is 0. The van der Waals surface area contributed by atoms with E-state index in [1.165, 1.54) is 0 Å². The van der Waals surface area contributed by atoms with Crippen LogP contribution < -0.4 is 20.3 Å². The van der Waals surface area contributed by atoms with Gasteiger partial charge in [0.05, 0.1) is 0 Å². The molecule has 0 aromatic heterocycles. The second-order valence-corrected chi connectivity index (χ2v) is 6.32. The molecular weight excluding hydrogens is 332 g/mol. The van der Waals surface area contributed by atoms with Crippen molar-refractivity contribution in [2.45, 2.75) is 27.7 Å². The lowest BCUT2D eigenvalue weighted by atomic mass is 10.1. The normalized spacial score (nSPS) is 10.2. The average molecular weight is 356 g/mol. The summed E-state index contributed by atoms with van der Waals surface area (Å²) in [7, 11) is 0. The summed E-state index contributed by atoms with van der Waals surface area (Å²) in [6.07, 6.45) is 0. The molecule has 0 saturated carbocycles. The summed E-state index contributed by atoms with van der Waals surface area (Å²) in [5, 5.41) is 0. The predicted molar refractivity (Wildman–Crippen MR) is 99.1 cm³/mol. The van der Waals surface area contributed by atoms with Gasteiger partial charge in [-0.1, -0.05) is 12.1 Å². The Balaban J connectivity index is 1.71. The van der Waals surface area contributed by atoms with Crippen molar-refractivity contribution in [1.29, 1.82) is 0 Å². The van der Waals surface area contributed by atoms with Crippen LogP contribution in [-0.4, -0.2) is 25.0 Å². The lowest BCUT2D eigenvalue weighted by molar-refractivity contribution is -0.131.